The zero-order valence-corrected chi connectivity index (χ0v) is 10.9. The van der Waals surface area contributed by atoms with Crippen molar-refractivity contribution in [2.24, 2.45) is 0 Å². The maximum Gasteiger partial charge on any atom is 0.321 e. The molecular formula is C13H17FN2O3. The number of nitrogens with one attached hydrogen (secondary N) is 1. The molecule has 0 fully saturated rings. The number of benzene rings is 1. The van der Waals surface area contributed by atoms with Crippen molar-refractivity contribution in [2.75, 3.05) is 11.9 Å². The van der Waals surface area contributed by atoms with Gasteiger partial charge in [-0.3, -0.25) is 9.69 Å². The number of hydrogen-bond donors (Lipinski definition) is 2. The Morgan fingerprint density at radius 1 is 1.42 bits per heavy atom. The van der Waals surface area contributed by atoms with Crippen LogP contribution in [0, 0.1) is 5.82 Å². The number of hydrogen-bond acceptors (Lipinski definition) is 2. The van der Waals surface area contributed by atoms with Crippen LogP contribution in [-0.2, 0) is 4.79 Å². The monoisotopic (exact) mass is 268 g/mol. The van der Waals surface area contributed by atoms with E-state index >= 15 is 0 Å². The highest BCUT2D eigenvalue weighted by Gasteiger charge is 2.19. The molecule has 6 heteroatoms. The van der Waals surface area contributed by atoms with Gasteiger partial charge in [-0.25, -0.2) is 9.18 Å². The summed E-state index contributed by atoms with van der Waals surface area (Å²) in [5.74, 6) is -1.49. The van der Waals surface area contributed by atoms with Crippen LogP contribution in [-0.4, -0.2) is 30.2 Å². The van der Waals surface area contributed by atoms with E-state index in [1.54, 1.807) is 13.0 Å². The normalized spacial score (nSPS) is 11.7. The Morgan fingerprint density at radius 2 is 2.05 bits per heavy atom. The van der Waals surface area contributed by atoms with E-state index in [9.17, 15) is 14.0 Å². The molecule has 1 aromatic carbocycles. The van der Waals surface area contributed by atoms with Gasteiger partial charge in [0.05, 0.1) is 12.1 Å². The van der Waals surface area contributed by atoms with Crippen molar-refractivity contribution in [3.63, 3.8) is 0 Å². The Kier molecular flexibility index (Phi) is 5.29. The number of nitrogens with zero attached hydrogens (tertiary/aromatic N) is 1. The van der Waals surface area contributed by atoms with Crippen molar-refractivity contribution in [3.8, 4) is 0 Å². The van der Waals surface area contributed by atoms with Crippen molar-refractivity contribution in [1.82, 2.24) is 5.32 Å². The molecule has 2 amide bonds. The van der Waals surface area contributed by atoms with Gasteiger partial charge >= 0.3 is 12.0 Å². The van der Waals surface area contributed by atoms with E-state index in [-0.39, 0.29) is 12.1 Å². The van der Waals surface area contributed by atoms with E-state index in [1.165, 1.54) is 25.2 Å². The van der Waals surface area contributed by atoms with Crippen LogP contribution in [0.25, 0.3) is 0 Å². The van der Waals surface area contributed by atoms with Gasteiger partial charge in [-0.1, -0.05) is 19.1 Å². The molecule has 1 atom stereocenters. The van der Waals surface area contributed by atoms with E-state index in [2.05, 4.69) is 5.32 Å². The number of carbonyl (C=O) groups excluding carboxylic acids is 1. The Morgan fingerprint density at radius 3 is 2.58 bits per heavy atom. The van der Waals surface area contributed by atoms with E-state index in [4.69, 9.17) is 5.11 Å². The third-order valence-corrected chi connectivity index (χ3v) is 2.76. The molecule has 1 rings (SSSR count). The number of para-hydroxylation sites is 1. The van der Waals surface area contributed by atoms with Crippen molar-refractivity contribution in [2.45, 2.75) is 25.8 Å². The van der Waals surface area contributed by atoms with Gasteiger partial charge in [0.25, 0.3) is 0 Å². The lowest BCUT2D eigenvalue weighted by molar-refractivity contribution is -0.137. The van der Waals surface area contributed by atoms with Crippen LogP contribution < -0.4 is 10.2 Å². The van der Waals surface area contributed by atoms with Crippen LogP contribution in [0.15, 0.2) is 24.3 Å². The predicted molar refractivity (Wildman–Crippen MR) is 69.7 cm³/mol. The summed E-state index contributed by atoms with van der Waals surface area (Å²) in [5, 5.41) is 11.3. The minimum absolute atomic E-state index is 0.144. The topological polar surface area (TPSA) is 69.6 Å². The highest BCUT2D eigenvalue weighted by molar-refractivity contribution is 5.91. The van der Waals surface area contributed by atoms with E-state index in [0.717, 1.165) is 4.90 Å². The van der Waals surface area contributed by atoms with Gasteiger partial charge in [0.2, 0.25) is 0 Å². The second-order valence-corrected chi connectivity index (χ2v) is 4.16. The third kappa shape index (κ3) is 4.24. The number of carboxylic acids is 1. The minimum Gasteiger partial charge on any atom is -0.481 e. The van der Waals surface area contributed by atoms with Gasteiger partial charge in [0.1, 0.15) is 5.82 Å². The van der Waals surface area contributed by atoms with Crippen molar-refractivity contribution in [1.29, 1.82) is 0 Å². The average molecular weight is 268 g/mol. The molecule has 0 saturated carbocycles. The summed E-state index contributed by atoms with van der Waals surface area (Å²) in [7, 11) is 1.43. The van der Waals surface area contributed by atoms with Crippen molar-refractivity contribution >= 4 is 17.7 Å². The zero-order valence-electron chi connectivity index (χ0n) is 10.9. The molecule has 1 aromatic rings. The second-order valence-electron chi connectivity index (χ2n) is 4.16. The fraction of sp³-hybridized carbons (Fsp3) is 0.385. The predicted octanol–water partition coefficient (Wildman–Crippen LogP) is 2.22. The molecule has 2 N–H and O–H groups in total. The zero-order chi connectivity index (χ0) is 14.4. The lowest BCUT2D eigenvalue weighted by Crippen LogP contribution is -2.44. The number of urea groups is 1. The molecule has 0 aliphatic rings. The Balaban J connectivity index is 2.72. The minimum atomic E-state index is -0.985. The van der Waals surface area contributed by atoms with Crippen LogP contribution in [0.3, 0.4) is 0 Å². The van der Waals surface area contributed by atoms with Crippen LogP contribution >= 0.6 is 0 Å². The lowest BCUT2D eigenvalue weighted by atomic mass is 10.1. The molecule has 0 radical (unpaired) electrons. The first-order valence-corrected chi connectivity index (χ1v) is 5.96. The summed E-state index contributed by atoms with van der Waals surface area (Å²) in [4.78, 5) is 23.6. The molecule has 0 bridgehead atoms. The van der Waals surface area contributed by atoms with Gasteiger partial charge < -0.3 is 10.4 Å². The summed E-state index contributed by atoms with van der Waals surface area (Å²) >= 11 is 0. The molecule has 0 aliphatic carbocycles. The smallest absolute Gasteiger partial charge is 0.321 e. The molecule has 0 saturated heterocycles. The van der Waals surface area contributed by atoms with Crippen LogP contribution in [0.5, 0.6) is 0 Å². The van der Waals surface area contributed by atoms with Gasteiger partial charge in [-0.15, -0.1) is 0 Å². The summed E-state index contributed by atoms with van der Waals surface area (Å²) in [6.45, 7) is 1.77. The number of halogens is 1. The average Bonchev–Trinajstić information content (AvgIpc) is 2.37. The van der Waals surface area contributed by atoms with Crippen molar-refractivity contribution < 1.29 is 19.1 Å². The van der Waals surface area contributed by atoms with Crippen molar-refractivity contribution in [3.05, 3.63) is 30.1 Å². The molecular weight excluding hydrogens is 251 g/mol. The quantitative estimate of drug-likeness (QED) is 0.860. The first-order chi connectivity index (χ1) is 8.95. The number of rotatable bonds is 5. The molecule has 104 valence electrons. The number of carboxylic acid groups (broad SMARTS) is 1. The highest BCUT2D eigenvalue weighted by Crippen LogP contribution is 2.17. The van der Waals surface area contributed by atoms with Crippen LogP contribution in [0.4, 0.5) is 14.9 Å². The van der Waals surface area contributed by atoms with E-state index < -0.39 is 23.9 Å². The number of amides is 2. The van der Waals surface area contributed by atoms with Crippen LogP contribution in [0.2, 0.25) is 0 Å². The summed E-state index contributed by atoms with van der Waals surface area (Å²) in [6.07, 6.45) is 0.330. The SMILES string of the molecule is CCC(CC(=O)O)NC(=O)N(C)c1ccccc1F. The first-order valence-electron chi connectivity index (χ1n) is 5.96. The number of anilines is 1. The Bertz CT molecular complexity index is 465. The van der Waals surface area contributed by atoms with Crippen LogP contribution in [0.1, 0.15) is 19.8 Å². The maximum atomic E-state index is 13.5. The summed E-state index contributed by atoms with van der Waals surface area (Å²) < 4.78 is 13.5. The summed E-state index contributed by atoms with van der Waals surface area (Å²) in [5.41, 5.74) is 0.144. The standard InChI is InChI=1S/C13H17FN2O3/c1-3-9(8-12(17)18)15-13(19)16(2)11-7-5-4-6-10(11)14/h4-7,9H,3,8H2,1-2H3,(H,15,19)(H,17,18). The first kappa shape index (κ1) is 14.9. The van der Waals surface area contributed by atoms with E-state index in [1.807, 2.05) is 0 Å². The Labute approximate surface area is 111 Å². The highest BCUT2D eigenvalue weighted by atomic mass is 19.1. The largest absolute Gasteiger partial charge is 0.481 e. The Hall–Kier alpha value is -2.11. The van der Waals surface area contributed by atoms with Gasteiger partial charge in [0, 0.05) is 13.1 Å². The molecule has 5 nitrogen and oxygen atoms in total. The summed E-state index contributed by atoms with van der Waals surface area (Å²) in [6, 6.07) is 4.89. The third-order valence-electron chi connectivity index (χ3n) is 2.76. The maximum absolute atomic E-state index is 13.5. The molecule has 0 spiro atoms. The molecule has 0 aromatic heterocycles. The van der Waals surface area contributed by atoms with Gasteiger partial charge in [-0.05, 0) is 18.6 Å². The van der Waals surface area contributed by atoms with Gasteiger partial charge in [-0.2, -0.15) is 0 Å². The lowest BCUT2D eigenvalue weighted by Gasteiger charge is -2.22. The second kappa shape index (κ2) is 6.72. The number of carbonyl (C=O) groups is 2. The molecule has 1 unspecified atom stereocenters. The fourth-order valence-electron chi connectivity index (χ4n) is 1.61. The molecule has 0 aliphatic heterocycles. The van der Waals surface area contributed by atoms with E-state index in [0.29, 0.717) is 6.42 Å². The molecule has 19 heavy (non-hydrogen) atoms. The number of aliphatic carboxylic acids is 1. The van der Waals surface area contributed by atoms with Gasteiger partial charge in [0.15, 0.2) is 0 Å². The fourth-order valence-corrected chi connectivity index (χ4v) is 1.61. The molecule has 0 heterocycles.